The van der Waals surface area contributed by atoms with Crippen LogP contribution in [-0.2, 0) is 6.54 Å². The van der Waals surface area contributed by atoms with Gasteiger partial charge in [0, 0.05) is 57.2 Å². The number of nitrogens with one attached hydrogen (secondary N) is 1. The molecule has 0 atom stereocenters. The smallest absolute Gasteiger partial charge is 0.422 e. The summed E-state index contributed by atoms with van der Waals surface area (Å²) in [5, 5.41) is 3.20. The predicted octanol–water partition coefficient (Wildman–Crippen LogP) is 3.55. The van der Waals surface area contributed by atoms with Crippen LogP contribution in [0.25, 0.3) is 0 Å². The molecule has 1 fully saturated rings. The van der Waals surface area contributed by atoms with Crippen LogP contribution in [0.1, 0.15) is 5.56 Å². The van der Waals surface area contributed by atoms with Crippen LogP contribution in [0.4, 0.5) is 18.9 Å². The maximum atomic E-state index is 12.5. The fourth-order valence-electron chi connectivity index (χ4n) is 3.31. The number of nitrogens with zero attached hydrogens (tertiary/aromatic N) is 4. The van der Waals surface area contributed by atoms with Gasteiger partial charge in [-0.25, -0.2) is 4.98 Å². The first kappa shape index (κ1) is 25.8. The molecule has 1 aliphatic rings. The normalized spacial score (nSPS) is 14.6. The minimum Gasteiger partial charge on any atom is -0.497 e. The van der Waals surface area contributed by atoms with Gasteiger partial charge < -0.3 is 24.6 Å². The summed E-state index contributed by atoms with van der Waals surface area (Å²) in [5.74, 6) is 1.47. The van der Waals surface area contributed by atoms with Crippen molar-refractivity contribution < 1.29 is 22.6 Å². The Morgan fingerprint density at radius 2 is 1.81 bits per heavy atom. The zero-order chi connectivity index (χ0) is 22.3. The fraction of sp³-hybridized carbons (Fsp3) is 0.429. The molecule has 2 heterocycles. The Kier molecular flexibility index (Phi) is 9.66. The Morgan fingerprint density at radius 1 is 1.12 bits per heavy atom. The number of guanidine groups is 1. The van der Waals surface area contributed by atoms with Gasteiger partial charge in [0.25, 0.3) is 0 Å². The highest BCUT2D eigenvalue weighted by Gasteiger charge is 2.29. The molecule has 0 bridgehead atoms. The summed E-state index contributed by atoms with van der Waals surface area (Å²) >= 11 is 0. The van der Waals surface area contributed by atoms with Crippen LogP contribution in [0.5, 0.6) is 11.6 Å². The van der Waals surface area contributed by atoms with E-state index in [1.54, 1.807) is 26.3 Å². The van der Waals surface area contributed by atoms with E-state index in [4.69, 9.17) is 9.47 Å². The van der Waals surface area contributed by atoms with Crippen LogP contribution in [0.15, 0.2) is 47.6 Å². The SMILES string of the molecule is CN=C(NCc1cccnc1OCC(F)(F)F)N1CCN(c2ccc(OC)cc2)CC1.I. The quantitative estimate of drug-likeness (QED) is 0.329. The molecular formula is C21H27F3IN5O2. The molecule has 176 valence electrons. The molecule has 0 amide bonds. The molecular weight excluding hydrogens is 538 g/mol. The van der Waals surface area contributed by atoms with Crippen molar-refractivity contribution in [3.05, 3.63) is 48.2 Å². The maximum Gasteiger partial charge on any atom is 0.422 e. The third-order valence-electron chi connectivity index (χ3n) is 4.89. The summed E-state index contributed by atoms with van der Waals surface area (Å²) in [6.45, 7) is 2.04. The monoisotopic (exact) mass is 565 g/mol. The molecule has 1 saturated heterocycles. The van der Waals surface area contributed by atoms with E-state index in [-0.39, 0.29) is 36.4 Å². The first-order valence-corrected chi connectivity index (χ1v) is 9.87. The van der Waals surface area contributed by atoms with Crippen LogP contribution in [-0.4, -0.2) is 69.0 Å². The summed E-state index contributed by atoms with van der Waals surface area (Å²) in [6, 6.07) is 11.3. The molecule has 0 saturated carbocycles. The first-order chi connectivity index (χ1) is 14.9. The fourth-order valence-corrected chi connectivity index (χ4v) is 3.31. The van der Waals surface area contributed by atoms with E-state index in [9.17, 15) is 13.2 Å². The molecule has 0 spiro atoms. The zero-order valence-corrected chi connectivity index (χ0v) is 20.3. The van der Waals surface area contributed by atoms with Crippen LogP contribution in [0.3, 0.4) is 0 Å². The Morgan fingerprint density at radius 3 is 2.41 bits per heavy atom. The van der Waals surface area contributed by atoms with Crippen LogP contribution >= 0.6 is 24.0 Å². The Bertz CT molecular complexity index is 872. The van der Waals surface area contributed by atoms with Gasteiger partial charge in [0.2, 0.25) is 5.88 Å². The van der Waals surface area contributed by atoms with Crippen LogP contribution < -0.4 is 19.7 Å². The van der Waals surface area contributed by atoms with E-state index < -0.39 is 12.8 Å². The van der Waals surface area contributed by atoms with Crippen molar-refractivity contribution in [3.8, 4) is 11.6 Å². The van der Waals surface area contributed by atoms with E-state index in [1.165, 1.54) is 6.20 Å². The topological polar surface area (TPSA) is 62.2 Å². The average Bonchev–Trinajstić information content (AvgIpc) is 2.79. The van der Waals surface area contributed by atoms with Crippen LogP contribution in [0, 0.1) is 0 Å². The van der Waals surface area contributed by atoms with E-state index >= 15 is 0 Å². The summed E-state index contributed by atoms with van der Waals surface area (Å²) in [7, 11) is 3.33. The first-order valence-electron chi connectivity index (χ1n) is 9.87. The van der Waals surface area contributed by atoms with Crippen molar-refractivity contribution in [1.82, 2.24) is 15.2 Å². The minimum absolute atomic E-state index is 0. The summed E-state index contributed by atoms with van der Waals surface area (Å²) in [5.41, 5.74) is 1.66. The molecule has 3 rings (SSSR count). The number of hydrogen-bond acceptors (Lipinski definition) is 5. The van der Waals surface area contributed by atoms with Gasteiger partial charge in [-0.3, -0.25) is 4.99 Å². The van der Waals surface area contributed by atoms with Crippen molar-refractivity contribution >= 4 is 35.6 Å². The number of methoxy groups -OCH3 is 1. The lowest BCUT2D eigenvalue weighted by Gasteiger charge is -2.37. The second kappa shape index (κ2) is 12.0. The van der Waals surface area contributed by atoms with Gasteiger partial charge in [-0.15, -0.1) is 24.0 Å². The molecule has 7 nitrogen and oxygen atoms in total. The molecule has 11 heteroatoms. The maximum absolute atomic E-state index is 12.5. The molecule has 0 unspecified atom stereocenters. The van der Waals surface area contributed by atoms with Gasteiger partial charge >= 0.3 is 6.18 Å². The Balaban J connectivity index is 0.00000363. The number of anilines is 1. The predicted molar refractivity (Wildman–Crippen MR) is 128 cm³/mol. The summed E-state index contributed by atoms with van der Waals surface area (Å²) in [4.78, 5) is 12.6. The average molecular weight is 565 g/mol. The van der Waals surface area contributed by atoms with Crippen molar-refractivity contribution in [3.63, 3.8) is 0 Å². The summed E-state index contributed by atoms with van der Waals surface area (Å²) in [6.07, 6.45) is -3.01. The minimum atomic E-state index is -4.41. The standard InChI is InChI=1S/C21H26F3N5O2.HI/c1-25-20(27-14-16-4-3-9-26-19(16)31-15-21(22,23)24)29-12-10-28(11-13-29)17-5-7-18(30-2)8-6-17;/h3-9H,10-15H2,1-2H3,(H,25,27);1H. The second-order valence-electron chi connectivity index (χ2n) is 6.94. The molecule has 32 heavy (non-hydrogen) atoms. The van der Waals surface area contributed by atoms with Gasteiger partial charge in [-0.05, 0) is 30.3 Å². The van der Waals surface area contributed by atoms with Gasteiger partial charge in [0.15, 0.2) is 12.6 Å². The number of alkyl halides is 3. The largest absolute Gasteiger partial charge is 0.497 e. The molecule has 0 aliphatic carbocycles. The molecule has 1 aromatic heterocycles. The molecule has 0 radical (unpaired) electrons. The highest BCUT2D eigenvalue weighted by Crippen LogP contribution is 2.21. The Hall–Kier alpha value is -2.44. The van der Waals surface area contributed by atoms with E-state index in [2.05, 4.69) is 25.1 Å². The zero-order valence-electron chi connectivity index (χ0n) is 17.9. The molecule has 2 aromatic rings. The lowest BCUT2D eigenvalue weighted by atomic mass is 10.2. The molecule has 1 aliphatic heterocycles. The Labute approximate surface area is 202 Å². The number of pyridine rings is 1. The van der Waals surface area contributed by atoms with E-state index in [0.29, 0.717) is 11.5 Å². The second-order valence-corrected chi connectivity index (χ2v) is 6.94. The van der Waals surface area contributed by atoms with E-state index in [1.807, 2.05) is 24.3 Å². The number of halogens is 4. The number of piperazine rings is 1. The third kappa shape index (κ3) is 7.31. The number of hydrogen-bond donors (Lipinski definition) is 1. The van der Waals surface area contributed by atoms with Crippen molar-refractivity contribution in [2.24, 2.45) is 4.99 Å². The van der Waals surface area contributed by atoms with Gasteiger partial charge in [-0.2, -0.15) is 13.2 Å². The number of aromatic nitrogens is 1. The van der Waals surface area contributed by atoms with Crippen molar-refractivity contribution in [1.29, 1.82) is 0 Å². The number of ether oxygens (including phenoxy) is 2. The molecule has 1 N–H and O–H groups in total. The lowest BCUT2D eigenvalue weighted by molar-refractivity contribution is -0.154. The molecule has 1 aromatic carbocycles. The highest BCUT2D eigenvalue weighted by molar-refractivity contribution is 14.0. The van der Waals surface area contributed by atoms with Gasteiger partial charge in [-0.1, -0.05) is 6.07 Å². The summed E-state index contributed by atoms with van der Waals surface area (Å²) < 4.78 is 47.5. The van der Waals surface area contributed by atoms with E-state index in [0.717, 1.165) is 37.6 Å². The van der Waals surface area contributed by atoms with Crippen molar-refractivity contribution in [2.45, 2.75) is 12.7 Å². The van der Waals surface area contributed by atoms with Crippen molar-refractivity contribution in [2.75, 3.05) is 51.8 Å². The third-order valence-corrected chi connectivity index (χ3v) is 4.89. The number of benzene rings is 1. The van der Waals surface area contributed by atoms with Gasteiger partial charge in [0.05, 0.1) is 7.11 Å². The van der Waals surface area contributed by atoms with Crippen LogP contribution in [0.2, 0.25) is 0 Å². The lowest BCUT2D eigenvalue weighted by Crippen LogP contribution is -2.52. The number of rotatable bonds is 6. The highest BCUT2D eigenvalue weighted by atomic mass is 127. The number of aliphatic imine (C=N–C) groups is 1. The van der Waals surface area contributed by atoms with Gasteiger partial charge in [0.1, 0.15) is 5.75 Å².